The van der Waals surface area contributed by atoms with E-state index in [9.17, 15) is 8.78 Å². The van der Waals surface area contributed by atoms with Crippen LogP contribution in [-0.2, 0) is 13.2 Å². The van der Waals surface area contributed by atoms with Gasteiger partial charge in [-0.25, -0.2) is 8.78 Å². The summed E-state index contributed by atoms with van der Waals surface area (Å²) in [6, 6.07) is 5.04. The van der Waals surface area contributed by atoms with Crippen molar-refractivity contribution in [3.63, 3.8) is 0 Å². The van der Waals surface area contributed by atoms with E-state index in [0.29, 0.717) is 18.2 Å². The van der Waals surface area contributed by atoms with Crippen molar-refractivity contribution in [3.05, 3.63) is 50.1 Å². The van der Waals surface area contributed by atoms with Gasteiger partial charge in [0.2, 0.25) is 0 Å². The second kappa shape index (κ2) is 6.42. The van der Waals surface area contributed by atoms with Crippen LogP contribution < -0.4 is 10.1 Å². The fourth-order valence-corrected chi connectivity index (χ4v) is 3.35. The van der Waals surface area contributed by atoms with E-state index < -0.39 is 11.6 Å². The average Bonchev–Trinajstić information content (AvgIpc) is 3.18. The third kappa shape index (κ3) is 3.81. The fourth-order valence-electron chi connectivity index (χ4n) is 1.97. The summed E-state index contributed by atoms with van der Waals surface area (Å²) in [4.78, 5) is 0.897. The predicted molar refractivity (Wildman–Crippen MR) is 82.6 cm³/mol. The summed E-state index contributed by atoms with van der Waals surface area (Å²) in [6.45, 7) is 0.626. The lowest BCUT2D eigenvalue weighted by Gasteiger charge is -2.10. The van der Waals surface area contributed by atoms with Gasteiger partial charge in [0.05, 0.1) is 4.88 Å². The van der Waals surface area contributed by atoms with E-state index >= 15 is 0 Å². The molecule has 3 rings (SSSR count). The second-order valence-corrected chi connectivity index (χ2v) is 6.88. The Morgan fingerprint density at radius 3 is 2.57 bits per heavy atom. The molecule has 0 saturated heterocycles. The van der Waals surface area contributed by atoms with Gasteiger partial charge in [-0.1, -0.05) is 0 Å². The van der Waals surface area contributed by atoms with Crippen LogP contribution in [0.15, 0.2) is 28.1 Å². The first-order valence-corrected chi connectivity index (χ1v) is 8.36. The van der Waals surface area contributed by atoms with Crippen LogP contribution in [-0.4, -0.2) is 6.04 Å². The molecule has 0 amide bonds. The van der Waals surface area contributed by atoms with E-state index in [-0.39, 0.29) is 12.4 Å². The molecule has 0 spiro atoms. The third-order valence-corrected chi connectivity index (χ3v) is 5.17. The summed E-state index contributed by atoms with van der Waals surface area (Å²) >= 11 is 4.84. The minimum Gasteiger partial charge on any atom is -0.482 e. The summed E-state index contributed by atoms with van der Waals surface area (Å²) in [5.74, 6) is -1.63. The van der Waals surface area contributed by atoms with Crippen LogP contribution in [0.1, 0.15) is 23.3 Å². The van der Waals surface area contributed by atoms with Crippen LogP contribution in [0.4, 0.5) is 8.78 Å². The summed E-state index contributed by atoms with van der Waals surface area (Å²) in [6.07, 6.45) is 2.28. The molecule has 1 fully saturated rings. The molecule has 21 heavy (non-hydrogen) atoms. The molecular formula is C15H14BrF2NOS. The van der Waals surface area contributed by atoms with Gasteiger partial charge in [-0.05, 0) is 57.9 Å². The Hall–Kier alpha value is -0.980. The molecule has 1 heterocycles. The van der Waals surface area contributed by atoms with Crippen LogP contribution in [0, 0.1) is 11.6 Å². The topological polar surface area (TPSA) is 21.3 Å². The standard InChI is InChI=1S/C15H14BrF2NOS/c16-11-3-4-21-14(11)8-20-15-12(17)5-9(6-13(15)18)7-19-10-1-2-10/h3-6,10,19H,1-2,7-8H2. The molecular weight excluding hydrogens is 360 g/mol. The summed E-state index contributed by atoms with van der Waals surface area (Å²) < 4.78 is 34.1. The first kappa shape index (κ1) is 14.9. The van der Waals surface area contributed by atoms with Crippen molar-refractivity contribution in [2.24, 2.45) is 0 Å². The number of ether oxygens (including phenoxy) is 1. The highest BCUT2D eigenvalue weighted by Gasteiger charge is 2.21. The molecule has 6 heteroatoms. The van der Waals surface area contributed by atoms with Gasteiger partial charge < -0.3 is 10.1 Å². The number of thiophene rings is 1. The van der Waals surface area contributed by atoms with E-state index in [1.54, 1.807) is 0 Å². The maximum absolute atomic E-state index is 14.0. The zero-order chi connectivity index (χ0) is 14.8. The molecule has 1 aliphatic rings. The van der Waals surface area contributed by atoms with E-state index in [0.717, 1.165) is 22.2 Å². The highest BCUT2D eigenvalue weighted by molar-refractivity contribution is 9.10. The lowest BCUT2D eigenvalue weighted by Crippen LogP contribution is -2.15. The molecule has 0 aliphatic heterocycles. The normalized spacial score (nSPS) is 14.4. The Morgan fingerprint density at radius 1 is 1.29 bits per heavy atom. The monoisotopic (exact) mass is 373 g/mol. The van der Waals surface area contributed by atoms with Gasteiger partial charge in [0.1, 0.15) is 6.61 Å². The summed E-state index contributed by atoms with van der Waals surface area (Å²) in [5, 5.41) is 5.12. The fraction of sp³-hybridized carbons (Fsp3) is 0.333. The van der Waals surface area contributed by atoms with Crippen molar-refractivity contribution in [2.45, 2.75) is 32.0 Å². The van der Waals surface area contributed by atoms with Crippen molar-refractivity contribution >= 4 is 27.3 Å². The molecule has 112 valence electrons. The maximum Gasteiger partial charge on any atom is 0.191 e. The molecule has 0 bridgehead atoms. The van der Waals surface area contributed by atoms with Gasteiger partial charge in [0.25, 0.3) is 0 Å². The lowest BCUT2D eigenvalue weighted by molar-refractivity contribution is 0.276. The Morgan fingerprint density at radius 2 is 2.00 bits per heavy atom. The van der Waals surface area contributed by atoms with E-state index in [2.05, 4.69) is 21.2 Å². The largest absolute Gasteiger partial charge is 0.482 e. The van der Waals surface area contributed by atoms with Crippen molar-refractivity contribution < 1.29 is 13.5 Å². The smallest absolute Gasteiger partial charge is 0.191 e. The van der Waals surface area contributed by atoms with Crippen LogP contribution in [0.3, 0.4) is 0 Å². The summed E-state index contributed by atoms with van der Waals surface area (Å²) in [5.41, 5.74) is 0.599. The quantitative estimate of drug-likeness (QED) is 0.797. The van der Waals surface area contributed by atoms with Gasteiger partial charge >= 0.3 is 0 Å². The van der Waals surface area contributed by atoms with Crippen LogP contribution in [0.5, 0.6) is 5.75 Å². The van der Waals surface area contributed by atoms with Gasteiger partial charge in [0.15, 0.2) is 17.4 Å². The molecule has 1 N–H and O–H groups in total. The van der Waals surface area contributed by atoms with E-state index in [1.807, 2.05) is 11.4 Å². The Labute approximate surface area is 134 Å². The number of rotatable bonds is 6. The highest BCUT2D eigenvalue weighted by atomic mass is 79.9. The van der Waals surface area contributed by atoms with Crippen LogP contribution >= 0.6 is 27.3 Å². The lowest BCUT2D eigenvalue weighted by atomic mass is 10.2. The van der Waals surface area contributed by atoms with Crippen molar-refractivity contribution in [3.8, 4) is 5.75 Å². The minimum absolute atomic E-state index is 0.145. The van der Waals surface area contributed by atoms with Gasteiger partial charge in [-0.3, -0.25) is 0 Å². The van der Waals surface area contributed by atoms with Gasteiger partial charge in [-0.2, -0.15) is 0 Å². The molecule has 2 nitrogen and oxygen atoms in total. The first-order valence-electron chi connectivity index (χ1n) is 6.69. The van der Waals surface area contributed by atoms with E-state index in [1.165, 1.54) is 23.5 Å². The van der Waals surface area contributed by atoms with Crippen LogP contribution in [0.25, 0.3) is 0 Å². The van der Waals surface area contributed by atoms with Gasteiger partial charge in [0, 0.05) is 17.1 Å². The number of halogens is 3. The zero-order valence-corrected chi connectivity index (χ0v) is 13.6. The van der Waals surface area contributed by atoms with Crippen LogP contribution in [0.2, 0.25) is 0 Å². The van der Waals surface area contributed by atoms with Crippen molar-refractivity contribution in [2.75, 3.05) is 0 Å². The number of nitrogens with one attached hydrogen (secondary N) is 1. The summed E-state index contributed by atoms with van der Waals surface area (Å²) in [7, 11) is 0. The van der Waals surface area contributed by atoms with Crippen molar-refractivity contribution in [1.29, 1.82) is 0 Å². The number of hydrogen-bond donors (Lipinski definition) is 1. The Balaban J connectivity index is 1.68. The molecule has 0 unspecified atom stereocenters. The SMILES string of the molecule is Fc1cc(CNC2CC2)cc(F)c1OCc1sccc1Br. The first-order chi connectivity index (χ1) is 10.1. The molecule has 1 aromatic carbocycles. The minimum atomic E-state index is -0.657. The number of benzene rings is 1. The molecule has 0 atom stereocenters. The second-order valence-electron chi connectivity index (χ2n) is 5.02. The predicted octanol–water partition coefficient (Wildman–Crippen LogP) is 4.62. The van der Waals surface area contributed by atoms with E-state index in [4.69, 9.17) is 4.74 Å². The zero-order valence-electron chi connectivity index (χ0n) is 11.2. The Kier molecular flexibility index (Phi) is 4.57. The van der Waals surface area contributed by atoms with Gasteiger partial charge in [-0.15, -0.1) is 11.3 Å². The molecule has 1 aromatic heterocycles. The molecule has 2 aromatic rings. The maximum atomic E-state index is 14.0. The molecule has 1 saturated carbocycles. The molecule has 1 aliphatic carbocycles. The third-order valence-electron chi connectivity index (χ3n) is 3.27. The number of hydrogen-bond acceptors (Lipinski definition) is 3. The highest BCUT2D eigenvalue weighted by Crippen LogP contribution is 2.28. The molecule has 0 radical (unpaired) electrons. The average molecular weight is 374 g/mol. The Bertz CT molecular complexity index is 619. The van der Waals surface area contributed by atoms with Crippen molar-refractivity contribution in [1.82, 2.24) is 5.32 Å².